The molecule has 4 heteroatoms. The first-order valence-electron chi connectivity index (χ1n) is 6.56. The molecule has 0 heterocycles. The van der Waals surface area contributed by atoms with E-state index in [9.17, 15) is 13.6 Å². The summed E-state index contributed by atoms with van der Waals surface area (Å²) >= 11 is 0. The highest BCUT2D eigenvalue weighted by Crippen LogP contribution is 2.29. The Labute approximate surface area is 122 Å². The van der Waals surface area contributed by atoms with Crippen molar-refractivity contribution >= 4 is 5.78 Å². The van der Waals surface area contributed by atoms with Crippen molar-refractivity contribution in [1.29, 1.82) is 0 Å². The quantitative estimate of drug-likeness (QED) is 0.752. The Morgan fingerprint density at radius 3 is 2.24 bits per heavy atom. The molecule has 2 aromatic rings. The molecule has 2 nitrogen and oxygen atoms in total. The molecule has 2 rings (SSSR count). The molecule has 0 amide bonds. The van der Waals surface area contributed by atoms with Crippen molar-refractivity contribution in [3.05, 3.63) is 53.6 Å². The molecule has 0 aromatic heterocycles. The second-order valence-electron chi connectivity index (χ2n) is 4.97. The minimum atomic E-state index is -3.20. The number of ketones is 1. The highest BCUT2D eigenvalue weighted by molar-refractivity contribution is 5.97. The van der Waals surface area contributed by atoms with Crippen molar-refractivity contribution < 1.29 is 18.3 Å². The molecule has 0 aliphatic heterocycles. The summed E-state index contributed by atoms with van der Waals surface area (Å²) in [6.07, 6.45) is -3.20. The van der Waals surface area contributed by atoms with Crippen LogP contribution in [0.25, 0.3) is 11.1 Å². The van der Waals surface area contributed by atoms with Crippen LogP contribution in [0.5, 0.6) is 5.75 Å². The summed E-state index contributed by atoms with van der Waals surface area (Å²) in [5.74, 6) is 0.103. The van der Waals surface area contributed by atoms with Gasteiger partial charge in [0.2, 0.25) is 0 Å². The maximum atomic E-state index is 12.8. The van der Waals surface area contributed by atoms with E-state index in [0.717, 1.165) is 16.7 Å². The van der Waals surface area contributed by atoms with Gasteiger partial charge in [0.05, 0.1) is 0 Å². The van der Waals surface area contributed by atoms with Gasteiger partial charge in [-0.15, -0.1) is 0 Å². The fourth-order valence-corrected chi connectivity index (χ4v) is 2.24. The van der Waals surface area contributed by atoms with Crippen LogP contribution >= 0.6 is 0 Å². The van der Waals surface area contributed by atoms with Gasteiger partial charge in [0.25, 0.3) is 0 Å². The maximum absolute atomic E-state index is 12.8. The largest absolute Gasteiger partial charge is 0.433 e. The summed E-state index contributed by atoms with van der Waals surface area (Å²) < 4.78 is 30.1. The van der Waals surface area contributed by atoms with Crippen molar-refractivity contribution in [1.82, 2.24) is 0 Å². The zero-order chi connectivity index (χ0) is 15.6. The number of rotatable bonds is 4. The predicted octanol–water partition coefficient (Wildman–Crippen LogP) is 4.86. The molecule has 0 fully saturated rings. The Bertz CT molecular complexity index is 655. The van der Waals surface area contributed by atoms with Gasteiger partial charge in [-0.05, 0) is 42.7 Å². The molecule has 0 saturated heterocycles. The lowest BCUT2D eigenvalue weighted by atomic mass is 9.95. The van der Waals surface area contributed by atoms with Gasteiger partial charge in [-0.3, -0.25) is 4.79 Å². The standard InChI is InChI=1S/C17H16F2O2/c1-11-15(12(2)20)5-4-6-16(11)13-7-9-14(10-8-13)21-17(3,18)19/h4-10H,1-3H3. The zero-order valence-corrected chi connectivity index (χ0v) is 12.1. The molecule has 0 bridgehead atoms. The summed E-state index contributed by atoms with van der Waals surface area (Å²) in [6, 6.07) is 11.9. The number of ether oxygens (including phenoxy) is 1. The Hall–Kier alpha value is -2.23. The maximum Gasteiger partial charge on any atom is 0.394 e. The van der Waals surface area contributed by atoms with Gasteiger partial charge in [0.1, 0.15) is 5.75 Å². The van der Waals surface area contributed by atoms with Gasteiger partial charge in [-0.1, -0.05) is 30.3 Å². The number of carbonyl (C=O) groups is 1. The van der Waals surface area contributed by atoms with Crippen LogP contribution in [0.3, 0.4) is 0 Å². The van der Waals surface area contributed by atoms with Crippen LogP contribution in [-0.4, -0.2) is 11.9 Å². The van der Waals surface area contributed by atoms with E-state index >= 15 is 0 Å². The topological polar surface area (TPSA) is 26.3 Å². The van der Waals surface area contributed by atoms with Gasteiger partial charge in [0, 0.05) is 12.5 Å². The molecule has 2 aromatic carbocycles. The number of hydrogen-bond acceptors (Lipinski definition) is 2. The van der Waals surface area contributed by atoms with E-state index in [1.165, 1.54) is 19.1 Å². The van der Waals surface area contributed by atoms with Crippen LogP contribution in [0.1, 0.15) is 29.8 Å². The average Bonchev–Trinajstić information content (AvgIpc) is 2.38. The molecular formula is C17H16F2O2. The average molecular weight is 290 g/mol. The van der Waals surface area contributed by atoms with E-state index < -0.39 is 6.11 Å². The van der Waals surface area contributed by atoms with E-state index in [4.69, 9.17) is 0 Å². The van der Waals surface area contributed by atoms with Crippen LogP contribution in [0.4, 0.5) is 8.78 Å². The molecule has 0 N–H and O–H groups in total. The number of hydrogen-bond donors (Lipinski definition) is 0. The van der Waals surface area contributed by atoms with Gasteiger partial charge >= 0.3 is 6.11 Å². The third-order valence-electron chi connectivity index (χ3n) is 3.18. The molecule has 21 heavy (non-hydrogen) atoms. The summed E-state index contributed by atoms with van der Waals surface area (Å²) in [4.78, 5) is 11.6. The fourth-order valence-electron chi connectivity index (χ4n) is 2.24. The van der Waals surface area contributed by atoms with E-state index in [-0.39, 0.29) is 11.5 Å². The summed E-state index contributed by atoms with van der Waals surface area (Å²) in [5, 5.41) is 0. The van der Waals surface area contributed by atoms with E-state index in [0.29, 0.717) is 12.5 Å². The number of benzene rings is 2. The lowest BCUT2D eigenvalue weighted by Crippen LogP contribution is -2.18. The summed E-state index contributed by atoms with van der Waals surface area (Å²) in [6.45, 7) is 4.09. The van der Waals surface area contributed by atoms with Crippen LogP contribution in [0.2, 0.25) is 0 Å². The van der Waals surface area contributed by atoms with E-state index in [1.54, 1.807) is 18.2 Å². The lowest BCUT2D eigenvalue weighted by Gasteiger charge is -2.14. The number of Topliss-reactive ketones (excluding diaryl/α,β-unsaturated/α-hetero) is 1. The lowest BCUT2D eigenvalue weighted by molar-refractivity contribution is -0.158. The van der Waals surface area contributed by atoms with Crippen molar-refractivity contribution in [2.45, 2.75) is 26.9 Å². The minimum absolute atomic E-state index is 0.0000661. The number of carbonyl (C=O) groups excluding carboxylic acids is 1. The third kappa shape index (κ3) is 3.66. The van der Waals surface area contributed by atoms with Gasteiger partial charge in [-0.2, -0.15) is 8.78 Å². The smallest absolute Gasteiger partial charge is 0.394 e. The van der Waals surface area contributed by atoms with Crippen LogP contribution in [-0.2, 0) is 0 Å². The number of halogens is 2. The second kappa shape index (κ2) is 5.64. The number of alkyl halides is 2. The molecule has 0 aliphatic rings. The van der Waals surface area contributed by atoms with Crippen molar-refractivity contribution in [2.75, 3.05) is 0 Å². The van der Waals surface area contributed by atoms with E-state index in [2.05, 4.69) is 4.74 Å². The molecule has 0 spiro atoms. The summed E-state index contributed by atoms with van der Waals surface area (Å²) in [7, 11) is 0. The molecular weight excluding hydrogens is 274 g/mol. The molecule has 0 radical (unpaired) electrons. The summed E-state index contributed by atoms with van der Waals surface area (Å²) in [5.41, 5.74) is 3.28. The Balaban J connectivity index is 2.35. The van der Waals surface area contributed by atoms with Crippen LogP contribution in [0.15, 0.2) is 42.5 Å². The van der Waals surface area contributed by atoms with Crippen molar-refractivity contribution in [3.8, 4) is 16.9 Å². The molecule has 0 unspecified atom stereocenters. The first-order valence-corrected chi connectivity index (χ1v) is 6.56. The highest BCUT2D eigenvalue weighted by Gasteiger charge is 2.23. The monoisotopic (exact) mass is 290 g/mol. The Morgan fingerprint density at radius 1 is 1.10 bits per heavy atom. The minimum Gasteiger partial charge on any atom is -0.433 e. The van der Waals surface area contributed by atoms with Crippen molar-refractivity contribution in [2.24, 2.45) is 0 Å². The van der Waals surface area contributed by atoms with Crippen molar-refractivity contribution in [3.63, 3.8) is 0 Å². The van der Waals surface area contributed by atoms with Crippen LogP contribution in [0, 0.1) is 6.92 Å². The SMILES string of the molecule is CC(=O)c1cccc(-c2ccc(OC(C)(F)F)cc2)c1C. The molecule has 0 atom stereocenters. The first-order chi connectivity index (χ1) is 9.78. The Kier molecular flexibility index (Phi) is 4.07. The van der Waals surface area contributed by atoms with E-state index in [1.807, 2.05) is 19.1 Å². The molecule has 0 saturated carbocycles. The second-order valence-corrected chi connectivity index (χ2v) is 4.97. The first kappa shape index (κ1) is 15.2. The zero-order valence-electron chi connectivity index (χ0n) is 12.1. The highest BCUT2D eigenvalue weighted by atomic mass is 19.3. The normalized spacial score (nSPS) is 11.3. The van der Waals surface area contributed by atoms with Gasteiger partial charge < -0.3 is 4.74 Å². The third-order valence-corrected chi connectivity index (χ3v) is 3.18. The van der Waals surface area contributed by atoms with Gasteiger partial charge in [-0.25, -0.2) is 0 Å². The molecule has 0 aliphatic carbocycles. The van der Waals surface area contributed by atoms with Crippen LogP contribution < -0.4 is 4.74 Å². The predicted molar refractivity (Wildman–Crippen MR) is 77.9 cm³/mol. The van der Waals surface area contributed by atoms with Gasteiger partial charge in [0.15, 0.2) is 5.78 Å². The molecule has 110 valence electrons. The Morgan fingerprint density at radius 2 is 1.71 bits per heavy atom. The fraction of sp³-hybridized carbons (Fsp3) is 0.235.